The summed E-state index contributed by atoms with van der Waals surface area (Å²) in [7, 11) is 3.21. The number of methoxy groups -OCH3 is 2. The van der Waals surface area contributed by atoms with E-state index in [1.165, 1.54) is 9.75 Å². The molecule has 0 spiro atoms. The predicted molar refractivity (Wildman–Crippen MR) is 84.4 cm³/mol. The van der Waals surface area contributed by atoms with Gasteiger partial charge in [0, 0.05) is 15.3 Å². The zero-order chi connectivity index (χ0) is 14.0. The Morgan fingerprint density at radius 3 is 2.42 bits per heavy atom. The van der Waals surface area contributed by atoms with E-state index in [1.54, 1.807) is 25.6 Å². The lowest BCUT2D eigenvalue weighted by atomic mass is 10.1. The first-order valence-corrected chi connectivity index (χ1v) is 7.80. The summed E-state index contributed by atoms with van der Waals surface area (Å²) in [5.41, 5.74) is 0.996. The average Bonchev–Trinajstić information content (AvgIpc) is 2.84. The Hall–Kier alpha value is -0.710. The van der Waals surface area contributed by atoms with E-state index in [0.29, 0.717) is 16.5 Å². The third-order valence-electron chi connectivity index (χ3n) is 2.80. The third kappa shape index (κ3) is 2.91. The fraction of sp³-hybridized carbons (Fsp3) is 0.286. The molecule has 1 aromatic heterocycles. The van der Waals surface area contributed by atoms with Gasteiger partial charge in [-0.25, -0.2) is 0 Å². The van der Waals surface area contributed by atoms with Gasteiger partial charge in [-0.1, -0.05) is 33.6 Å². The van der Waals surface area contributed by atoms with Crippen molar-refractivity contribution in [2.75, 3.05) is 14.2 Å². The molecule has 19 heavy (non-hydrogen) atoms. The summed E-state index contributed by atoms with van der Waals surface area (Å²) in [6, 6.07) is 8.04. The second kappa shape index (κ2) is 6.16. The van der Waals surface area contributed by atoms with E-state index in [9.17, 15) is 0 Å². The third-order valence-corrected chi connectivity index (χ3v) is 5.51. The van der Waals surface area contributed by atoms with Crippen molar-refractivity contribution in [3.63, 3.8) is 0 Å². The van der Waals surface area contributed by atoms with Gasteiger partial charge in [-0.05, 0) is 25.1 Å². The first kappa shape index (κ1) is 14.7. The summed E-state index contributed by atoms with van der Waals surface area (Å²) >= 11 is 11.7. The Kier molecular flexibility index (Phi) is 4.76. The van der Waals surface area contributed by atoms with Gasteiger partial charge in [0.2, 0.25) is 0 Å². The van der Waals surface area contributed by atoms with Crippen LogP contribution in [-0.2, 0) is 0 Å². The second-order valence-electron chi connectivity index (χ2n) is 4.02. The molecule has 1 heterocycles. The summed E-state index contributed by atoms with van der Waals surface area (Å²) in [4.78, 5) is 2.56. The van der Waals surface area contributed by atoms with Gasteiger partial charge in [0.25, 0.3) is 0 Å². The normalized spacial score (nSPS) is 12.3. The van der Waals surface area contributed by atoms with Crippen LogP contribution in [-0.4, -0.2) is 14.2 Å². The van der Waals surface area contributed by atoms with Crippen LogP contribution in [0.1, 0.15) is 20.1 Å². The van der Waals surface area contributed by atoms with Crippen LogP contribution in [0.25, 0.3) is 0 Å². The van der Waals surface area contributed by atoms with E-state index in [4.69, 9.17) is 21.1 Å². The zero-order valence-electron chi connectivity index (χ0n) is 10.9. The van der Waals surface area contributed by atoms with Crippen LogP contribution in [0.2, 0.25) is 5.02 Å². The predicted octanol–water partition coefficient (Wildman–Crippen LogP) is 5.21. The van der Waals surface area contributed by atoms with E-state index in [1.807, 2.05) is 12.1 Å². The van der Waals surface area contributed by atoms with E-state index in [0.717, 1.165) is 5.56 Å². The molecule has 2 nitrogen and oxygen atoms in total. The van der Waals surface area contributed by atoms with E-state index >= 15 is 0 Å². The number of alkyl halides is 1. The highest BCUT2D eigenvalue weighted by atomic mass is 79.9. The monoisotopic (exact) mass is 360 g/mol. The van der Waals surface area contributed by atoms with Crippen LogP contribution in [0.5, 0.6) is 11.5 Å². The van der Waals surface area contributed by atoms with Gasteiger partial charge < -0.3 is 9.47 Å². The van der Waals surface area contributed by atoms with Crippen LogP contribution in [0.4, 0.5) is 0 Å². The zero-order valence-corrected chi connectivity index (χ0v) is 14.0. The van der Waals surface area contributed by atoms with Crippen LogP contribution in [0, 0.1) is 6.92 Å². The molecule has 0 N–H and O–H groups in total. The number of halogens is 2. The van der Waals surface area contributed by atoms with Crippen molar-refractivity contribution in [3.05, 3.63) is 44.6 Å². The van der Waals surface area contributed by atoms with Gasteiger partial charge in [-0.3, -0.25) is 0 Å². The average molecular weight is 362 g/mol. The second-order valence-corrected chi connectivity index (χ2v) is 6.63. The molecule has 2 aromatic rings. The maximum Gasteiger partial charge on any atom is 0.145 e. The van der Waals surface area contributed by atoms with E-state index in [-0.39, 0.29) is 4.83 Å². The lowest BCUT2D eigenvalue weighted by molar-refractivity contribution is 0.392. The summed E-state index contributed by atoms with van der Waals surface area (Å²) in [5.74, 6) is 1.26. The number of rotatable bonds is 4. The molecule has 1 unspecified atom stereocenters. The van der Waals surface area contributed by atoms with Gasteiger partial charge in [-0.15, -0.1) is 11.3 Å². The number of thiophene rings is 1. The van der Waals surface area contributed by atoms with Crippen molar-refractivity contribution in [3.8, 4) is 11.5 Å². The maximum atomic E-state index is 6.28. The lowest BCUT2D eigenvalue weighted by Crippen LogP contribution is -1.98. The number of hydrogen-bond donors (Lipinski definition) is 0. The van der Waals surface area contributed by atoms with Gasteiger partial charge >= 0.3 is 0 Å². The Morgan fingerprint density at radius 2 is 1.89 bits per heavy atom. The summed E-state index contributed by atoms with van der Waals surface area (Å²) < 4.78 is 10.6. The van der Waals surface area contributed by atoms with Gasteiger partial charge in [-0.2, -0.15) is 0 Å². The van der Waals surface area contributed by atoms with Crippen molar-refractivity contribution in [1.29, 1.82) is 0 Å². The SMILES string of the molecule is COc1ccc(C(Br)c2ccc(C)s2)c(OC)c1Cl. The molecule has 0 saturated heterocycles. The first-order chi connectivity index (χ1) is 9.08. The highest BCUT2D eigenvalue weighted by Gasteiger charge is 2.21. The maximum absolute atomic E-state index is 6.28. The number of benzene rings is 1. The van der Waals surface area contributed by atoms with E-state index in [2.05, 4.69) is 35.0 Å². The largest absolute Gasteiger partial charge is 0.495 e. The molecule has 0 radical (unpaired) electrons. The first-order valence-electron chi connectivity index (χ1n) is 5.69. The molecule has 0 amide bonds. The van der Waals surface area contributed by atoms with Crippen molar-refractivity contribution in [2.45, 2.75) is 11.8 Å². The van der Waals surface area contributed by atoms with Crippen molar-refractivity contribution in [2.24, 2.45) is 0 Å². The van der Waals surface area contributed by atoms with Crippen molar-refractivity contribution < 1.29 is 9.47 Å². The van der Waals surface area contributed by atoms with Crippen LogP contribution in [0.3, 0.4) is 0 Å². The van der Waals surface area contributed by atoms with Gasteiger partial charge in [0.15, 0.2) is 0 Å². The summed E-state index contributed by atoms with van der Waals surface area (Å²) in [5, 5.41) is 0.500. The minimum atomic E-state index is 0.0598. The van der Waals surface area contributed by atoms with Crippen LogP contribution in [0.15, 0.2) is 24.3 Å². The molecular weight excluding hydrogens is 348 g/mol. The fourth-order valence-electron chi connectivity index (χ4n) is 1.86. The van der Waals surface area contributed by atoms with Crippen molar-refractivity contribution >= 4 is 38.9 Å². The molecule has 0 fully saturated rings. The molecular formula is C14H14BrClO2S. The molecule has 5 heteroatoms. The molecule has 0 aliphatic rings. The molecule has 2 rings (SSSR count). The summed E-state index contributed by atoms with van der Waals surface area (Å²) in [6.45, 7) is 2.09. The standard InChI is InChI=1S/C14H14BrClO2S/c1-8-4-7-11(19-8)12(15)9-5-6-10(17-2)13(16)14(9)18-3/h4-7,12H,1-3H3. The molecule has 102 valence electrons. The lowest BCUT2D eigenvalue weighted by Gasteiger charge is -2.16. The smallest absolute Gasteiger partial charge is 0.145 e. The highest BCUT2D eigenvalue weighted by Crippen LogP contribution is 2.45. The Balaban J connectivity index is 2.47. The topological polar surface area (TPSA) is 18.5 Å². The molecule has 1 atom stereocenters. The minimum absolute atomic E-state index is 0.0598. The molecule has 0 bridgehead atoms. The van der Waals surface area contributed by atoms with E-state index < -0.39 is 0 Å². The highest BCUT2D eigenvalue weighted by molar-refractivity contribution is 9.09. The molecule has 1 aromatic carbocycles. The van der Waals surface area contributed by atoms with Crippen LogP contribution >= 0.6 is 38.9 Å². The molecule has 0 saturated carbocycles. The minimum Gasteiger partial charge on any atom is -0.495 e. The van der Waals surface area contributed by atoms with Crippen LogP contribution < -0.4 is 9.47 Å². The number of hydrogen-bond acceptors (Lipinski definition) is 3. The summed E-state index contributed by atoms with van der Waals surface area (Å²) in [6.07, 6.45) is 0. The fourth-order valence-corrected chi connectivity index (χ4v) is 3.85. The molecule has 0 aliphatic carbocycles. The Morgan fingerprint density at radius 1 is 1.16 bits per heavy atom. The molecule has 0 aliphatic heterocycles. The Labute approximate surface area is 130 Å². The number of ether oxygens (including phenoxy) is 2. The van der Waals surface area contributed by atoms with Gasteiger partial charge in [0.05, 0.1) is 19.0 Å². The van der Waals surface area contributed by atoms with Crippen molar-refractivity contribution in [1.82, 2.24) is 0 Å². The quantitative estimate of drug-likeness (QED) is 0.696. The number of aryl methyl sites for hydroxylation is 1. The van der Waals surface area contributed by atoms with Gasteiger partial charge in [0.1, 0.15) is 16.5 Å². The Bertz CT molecular complexity index is 583.